The molecule has 0 aromatic heterocycles. The third kappa shape index (κ3) is 3.52. The van der Waals surface area contributed by atoms with Crippen molar-refractivity contribution in [2.24, 2.45) is 22.7 Å². The maximum atomic E-state index is 12.2. The summed E-state index contributed by atoms with van der Waals surface area (Å²) in [6.07, 6.45) is 8.40. The van der Waals surface area contributed by atoms with E-state index in [0.717, 1.165) is 25.5 Å². The predicted octanol–water partition coefficient (Wildman–Crippen LogP) is 3.65. The first-order chi connectivity index (χ1) is 11.3. The summed E-state index contributed by atoms with van der Waals surface area (Å²) in [5.74, 6) is -0.761. The average molecular weight is 332 g/mol. The Balaban J connectivity index is 2.36. The lowest BCUT2D eigenvalue weighted by atomic mass is 9.55. The van der Waals surface area contributed by atoms with E-state index in [2.05, 4.69) is 20.4 Å². The fourth-order valence-electron chi connectivity index (χ4n) is 4.35. The summed E-state index contributed by atoms with van der Waals surface area (Å²) in [4.78, 5) is 35.9. The number of rotatable bonds is 6. The second-order valence-corrected chi connectivity index (χ2v) is 7.97. The minimum Gasteiger partial charge on any atom is -0.461 e. The first-order valence-corrected chi connectivity index (χ1v) is 8.71. The molecule has 0 aromatic rings. The van der Waals surface area contributed by atoms with E-state index in [4.69, 9.17) is 4.74 Å². The van der Waals surface area contributed by atoms with Crippen LogP contribution in [-0.4, -0.2) is 24.6 Å². The fourth-order valence-corrected chi connectivity index (χ4v) is 4.35. The zero-order valence-electron chi connectivity index (χ0n) is 15.0. The van der Waals surface area contributed by atoms with Crippen LogP contribution in [-0.2, 0) is 19.1 Å². The van der Waals surface area contributed by atoms with Gasteiger partial charge in [-0.2, -0.15) is 0 Å². The lowest BCUT2D eigenvalue weighted by molar-refractivity contribution is -0.151. The van der Waals surface area contributed by atoms with Crippen LogP contribution in [0.2, 0.25) is 0 Å². The number of ether oxygens (including phenoxy) is 1. The van der Waals surface area contributed by atoms with Crippen LogP contribution in [0.5, 0.6) is 0 Å². The highest BCUT2D eigenvalue weighted by molar-refractivity contribution is 5.91. The van der Waals surface area contributed by atoms with Crippen LogP contribution in [0.15, 0.2) is 24.3 Å². The number of hydrogen-bond acceptors (Lipinski definition) is 4. The zero-order valence-corrected chi connectivity index (χ0v) is 15.0. The van der Waals surface area contributed by atoms with Gasteiger partial charge in [0.25, 0.3) is 0 Å². The van der Waals surface area contributed by atoms with Gasteiger partial charge in [0, 0.05) is 22.8 Å². The number of carbonyl (C=O) groups is 3. The van der Waals surface area contributed by atoms with Crippen molar-refractivity contribution in [2.75, 3.05) is 6.61 Å². The summed E-state index contributed by atoms with van der Waals surface area (Å²) in [6.45, 7) is 9.69. The van der Waals surface area contributed by atoms with Gasteiger partial charge in [0.15, 0.2) is 0 Å². The number of esters is 1. The van der Waals surface area contributed by atoms with E-state index in [0.29, 0.717) is 18.4 Å². The Kier molecular flexibility index (Phi) is 5.46. The lowest BCUT2D eigenvalue weighted by Crippen LogP contribution is -2.48. The lowest BCUT2D eigenvalue weighted by Gasteiger charge is -2.49. The van der Waals surface area contributed by atoms with Crippen LogP contribution in [0, 0.1) is 22.7 Å². The Morgan fingerprint density at radius 1 is 1.46 bits per heavy atom. The van der Waals surface area contributed by atoms with Crippen LogP contribution in [0.4, 0.5) is 0 Å². The Morgan fingerprint density at radius 3 is 2.75 bits per heavy atom. The van der Waals surface area contributed by atoms with Gasteiger partial charge in [-0.15, -0.1) is 6.58 Å². The summed E-state index contributed by atoms with van der Waals surface area (Å²) in [6, 6.07) is 0. The number of aldehydes is 1. The van der Waals surface area contributed by atoms with E-state index in [9.17, 15) is 14.4 Å². The van der Waals surface area contributed by atoms with Gasteiger partial charge in [-0.1, -0.05) is 32.4 Å². The molecule has 0 aromatic carbocycles. The molecule has 4 nitrogen and oxygen atoms in total. The molecule has 0 amide bonds. The number of ketones is 1. The van der Waals surface area contributed by atoms with Crippen molar-refractivity contribution >= 4 is 18.0 Å². The molecule has 1 heterocycles. The fraction of sp³-hybridized carbons (Fsp3) is 0.650. The van der Waals surface area contributed by atoms with Crippen molar-refractivity contribution < 1.29 is 19.1 Å². The average Bonchev–Trinajstić information content (AvgIpc) is 2.50. The monoisotopic (exact) mass is 332 g/mol. The second kappa shape index (κ2) is 7.04. The quantitative estimate of drug-likeness (QED) is 0.423. The maximum Gasteiger partial charge on any atom is 0.333 e. The Morgan fingerprint density at radius 2 is 2.17 bits per heavy atom. The minimum atomic E-state index is -0.428. The van der Waals surface area contributed by atoms with Crippen LogP contribution in [0.1, 0.15) is 52.9 Å². The van der Waals surface area contributed by atoms with Crippen molar-refractivity contribution in [3.05, 3.63) is 24.3 Å². The number of hydrogen-bond donors (Lipinski definition) is 0. The van der Waals surface area contributed by atoms with E-state index >= 15 is 0 Å². The first kappa shape index (κ1) is 18.6. The maximum absolute atomic E-state index is 12.2. The third-order valence-corrected chi connectivity index (χ3v) is 5.75. The molecule has 4 heteroatoms. The molecule has 1 spiro atoms. The van der Waals surface area contributed by atoms with E-state index in [1.807, 2.05) is 6.08 Å². The largest absolute Gasteiger partial charge is 0.461 e. The topological polar surface area (TPSA) is 60.4 Å². The molecule has 132 valence electrons. The van der Waals surface area contributed by atoms with Gasteiger partial charge in [0.05, 0.1) is 0 Å². The highest BCUT2D eigenvalue weighted by Crippen LogP contribution is 2.53. The van der Waals surface area contributed by atoms with Gasteiger partial charge in [0.2, 0.25) is 0 Å². The zero-order chi connectivity index (χ0) is 18.0. The molecule has 0 saturated heterocycles. The molecule has 2 unspecified atom stereocenters. The molecule has 0 N–H and O–H groups in total. The van der Waals surface area contributed by atoms with E-state index in [-0.39, 0.29) is 35.6 Å². The summed E-state index contributed by atoms with van der Waals surface area (Å²) in [5.41, 5.74) is -0.0119. The van der Waals surface area contributed by atoms with E-state index in [1.165, 1.54) is 6.92 Å². The van der Waals surface area contributed by atoms with Gasteiger partial charge < -0.3 is 9.53 Å². The van der Waals surface area contributed by atoms with E-state index < -0.39 is 5.41 Å². The normalized spacial score (nSPS) is 30.2. The molecule has 3 atom stereocenters. The molecular weight excluding hydrogens is 304 g/mol. The minimum absolute atomic E-state index is 0.0409. The number of allylic oxidation sites excluding steroid dienone is 1. The molecule has 2 rings (SSSR count). The number of carbonyl (C=O) groups excluding carboxylic acids is 3. The highest BCUT2D eigenvalue weighted by Gasteiger charge is 2.51. The molecule has 1 aliphatic carbocycles. The summed E-state index contributed by atoms with van der Waals surface area (Å²) >= 11 is 0. The Bertz CT molecular complexity index is 572. The summed E-state index contributed by atoms with van der Waals surface area (Å²) in [7, 11) is 0. The van der Waals surface area contributed by atoms with Crippen molar-refractivity contribution in [1.29, 1.82) is 0 Å². The smallest absolute Gasteiger partial charge is 0.333 e. The Hall–Kier alpha value is -1.71. The van der Waals surface area contributed by atoms with Gasteiger partial charge in [-0.3, -0.25) is 4.79 Å². The van der Waals surface area contributed by atoms with E-state index in [1.54, 1.807) is 6.08 Å². The molecule has 0 radical (unpaired) electrons. The van der Waals surface area contributed by atoms with Crippen molar-refractivity contribution in [2.45, 2.75) is 52.9 Å². The standard InChI is InChI=1S/C20H28O4/c1-5-7-15(14(2)22)10-16-11-20(13-24-18(16)23)9-6-8-19(3,4)17(20)12-21/h5,11-12,15,17H,1,6-10,13H2,2-4H3/t15-,17?,20?/m0/s1. The first-order valence-electron chi connectivity index (χ1n) is 8.71. The van der Waals surface area contributed by atoms with Crippen molar-refractivity contribution in [1.82, 2.24) is 0 Å². The van der Waals surface area contributed by atoms with Gasteiger partial charge in [0.1, 0.15) is 18.7 Å². The predicted molar refractivity (Wildman–Crippen MR) is 92.3 cm³/mol. The Labute approximate surface area is 144 Å². The van der Waals surface area contributed by atoms with Crippen molar-refractivity contribution in [3.63, 3.8) is 0 Å². The van der Waals surface area contributed by atoms with Crippen LogP contribution in [0.25, 0.3) is 0 Å². The molecular formula is C20H28O4. The molecule has 24 heavy (non-hydrogen) atoms. The summed E-state index contributed by atoms with van der Waals surface area (Å²) in [5, 5.41) is 0. The molecule has 0 bridgehead atoms. The molecule has 1 saturated carbocycles. The van der Waals surface area contributed by atoms with Gasteiger partial charge >= 0.3 is 5.97 Å². The number of Topliss-reactive ketones (excluding diaryl/α,β-unsaturated/α-hetero) is 1. The molecule has 1 aliphatic heterocycles. The van der Waals surface area contributed by atoms with Gasteiger partial charge in [-0.25, -0.2) is 4.79 Å². The number of cyclic esters (lactones) is 1. The van der Waals surface area contributed by atoms with Crippen LogP contribution < -0.4 is 0 Å². The molecule has 1 fully saturated rings. The summed E-state index contributed by atoms with van der Waals surface area (Å²) < 4.78 is 5.46. The van der Waals surface area contributed by atoms with Crippen LogP contribution >= 0.6 is 0 Å². The highest BCUT2D eigenvalue weighted by atomic mass is 16.5. The van der Waals surface area contributed by atoms with Gasteiger partial charge in [-0.05, 0) is 38.0 Å². The van der Waals surface area contributed by atoms with Crippen molar-refractivity contribution in [3.8, 4) is 0 Å². The third-order valence-electron chi connectivity index (χ3n) is 5.75. The second-order valence-electron chi connectivity index (χ2n) is 7.97. The SMILES string of the molecule is C=CC[C@@H](CC1=CC2(CCCC(C)(C)C2C=O)COC1=O)C(C)=O. The molecule has 2 aliphatic rings. The van der Waals surface area contributed by atoms with Crippen LogP contribution in [0.3, 0.4) is 0 Å².